The number of aromatic nitrogens is 2. The predicted molar refractivity (Wildman–Crippen MR) is 74.5 cm³/mol. The van der Waals surface area contributed by atoms with Crippen LogP contribution < -0.4 is 10.3 Å². The minimum atomic E-state index is -1.24. The first-order valence-electron chi connectivity index (χ1n) is 6.45. The van der Waals surface area contributed by atoms with E-state index < -0.39 is 36.7 Å². The molecule has 118 valence electrons. The molecule has 0 aliphatic carbocycles. The van der Waals surface area contributed by atoms with E-state index >= 15 is 0 Å². The number of ether oxygens (including phenoxy) is 2. The van der Waals surface area contributed by atoms with E-state index in [1.165, 1.54) is 29.6 Å². The number of hydrogen-bond acceptors (Lipinski definition) is 8. The SMILES string of the molecule is CCSc1nc(=O)c(OC)cn1[C@@H]1O[C@H](CO)[C@@H](O)[C@H]1O. The number of aliphatic hydroxyl groups excluding tert-OH is 3. The molecule has 1 saturated heterocycles. The predicted octanol–water partition coefficient (Wildman–Crippen LogP) is -1.02. The molecular weight excluding hydrogens is 300 g/mol. The van der Waals surface area contributed by atoms with Crippen molar-refractivity contribution in [1.82, 2.24) is 9.55 Å². The molecule has 0 bridgehead atoms. The molecule has 0 spiro atoms. The van der Waals surface area contributed by atoms with E-state index in [4.69, 9.17) is 14.6 Å². The molecule has 0 amide bonds. The first-order chi connectivity index (χ1) is 10.0. The molecule has 2 heterocycles. The summed E-state index contributed by atoms with van der Waals surface area (Å²) >= 11 is 1.30. The van der Waals surface area contributed by atoms with Gasteiger partial charge in [-0.15, -0.1) is 0 Å². The van der Waals surface area contributed by atoms with Crippen LogP contribution in [0.3, 0.4) is 0 Å². The molecule has 1 aliphatic heterocycles. The van der Waals surface area contributed by atoms with Gasteiger partial charge in [-0.05, 0) is 5.75 Å². The third kappa shape index (κ3) is 3.06. The van der Waals surface area contributed by atoms with Crippen LogP contribution in [0.1, 0.15) is 13.2 Å². The summed E-state index contributed by atoms with van der Waals surface area (Å²) in [7, 11) is 1.34. The van der Waals surface area contributed by atoms with E-state index in [0.29, 0.717) is 10.9 Å². The molecule has 0 radical (unpaired) electrons. The highest BCUT2D eigenvalue weighted by Gasteiger charge is 2.44. The van der Waals surface area contributed by atoms with Crippen molar-refractivity contribution < 1.29 is 24.8 Å². The number of methoxy groups -OCH3 is 1. The zero-order chi connectivity index (χ0) is 15.6. The van der Waals surface area contributed by atoms with Crippen molar-refractivity contribution >= 4 is 11.8 Å². The highest BCUT2D eigenvalue weighted by Crippen LogP contribution is 2.32. The molecule has 21 heavy (non-hydrogen) atoms. The van der Waals surface area contributed by atoms with E-state index in [2.05, 4.69) is 4.98 Å². The van der Waals surface area contributed by atoms with Crippen molar-refractivity contribution in [2.24, 2.45) is 0 Å². The molecule has 3 N–H and O–H groups in total. The van der Waals surface area contributed by atoms with Crippen molar-refractivity contribution in [3.63, 3.8) is 0 Å². The lowest BCUT2D eigenvalue weighted by molar-refractivity contribution is -0.0579. The maximum atomic E-state index is 11.7. The number of aliphatic hydroxyl groups is 3. The maximum absolute atomic E-state index is 11.7. The minimum absolute atomic E-state index is 0.00758. The first kappa shape index (κ1) is 16.2. The van der Waals surface area contributed by atoms with Gasteiger partial charge in [0, 0.05) is 0 Å². The van der Waals surface area contributed by atoms with E-state index in [0.717, 1.165) is 0 Å². The van der Waals surface area contributed by atoms with Gasteiger partial charge in [-0.1, -0.05) is 18.7 Å². The highest BCUT2D eigenvalue weighted by molar-refractivity contribution is 7.99. The van der Waals surface area contributed by atoms with Gasteiger partial charge >= 0.3 is 5.56 Å². The molecule has 0 aromatic carbocycles. The van der Waals surface area contributed by atoms with Gasteiger partial charge in [-0.2, -0.15) is 4.98 Å². The molecule has 2 rings (SSSR count). The first-order valence-corrected chi connectivity index (χ1v) is 7.44. The van der Waals surface area contributed by atoms with Gasteiger partial charge in [0.1, 0.15) is 18.3 Å². The Bertz CT molecular complexity index is 551. The third-order valence-corrected chi connectivity index (χ3v) is 4.02. The molecule has 8 nitrogen and oxygen atoms in total. The van der Waals surface area contributed by atoms with Crippen LogP contribution in [-0.2, 0) is 4.74 Å². The van der Waals surface area contributed by atoms with E-state index in [1.807, 2.05) is 6.92 Å². The second-order valence-electron chi connectivity index (χ2n) is 4.47. The Balaban J connectivity index is 2.44. The molecule has 0 unspecified atom stereocenters. The molecule has 4 atom stereocenters. The summed E-state index contributed by atoms with van der Waals surface area (Å²) in [6.45, 7) is 1.47. The van der Waals surface area contributed by atoms with Crippen LogP contribution in [0.2, 0.25) is 0 Å². The Morgan fingerprint density at radius 2 is 2.19 bits per heavy atom. The maximum Gasteiger partial charge on any atom is 0.315 e. The fourth-order valence-corrected chi connectivity index (χ4v) is 2.82. The van der Waals surface area contributed by atoms with Crippen LogP contribution in [-0.4, -0.2) is 62.7 Å². The number of nitrogens with zero attached hydrogens (tertiary/aromatic N) is 2. The van der Waals surface area contributed by atoms with Gasteiger partial charge in [0.05, 0.1) is 19.9 Å². The summed E-state index contributed by atoms with van der Waals surface area (Å²) in [5.41, 5.74) is -0.517. The highest BCUT2D eigenvalue weighted by atomic mass is 32.2. The quantitative estimate of drug-likeness (QED) is 0.467. The Kier molecular flexibility index (Phi) is 5.22. The van der Waals surface area contributed by atoms with Crippen LogP contribution in [0.4, 0.5) is 0 Å². The average molecular weight is 318 g/mol. The fraction of sp³-hybridized carbons (Fsp3) is 0.667. The van der Waals surface area contributed by atoms with Gasteiger partial charge in [0.2, 0.25) is 5.75 Å². The van der Waals surface area contributed by atoms with Gasteiger partial charge in [0.15, 0.2) is 11.4 Å². The second kappa shape index (κ2) is 6.75. The summed E-state index contributed by atoms with van der Waals surface area (Å²) in [6.07, 6.45) is -2.92. The smallest absolute Gasteiger partial charge is 0.315 e. The van der Waals surface area contributed by atoms with Gasteiger partial charge in [-0.3, -0.25) is 9.36 Å². The van der Waals surface area contributed by atoms with Gasteiger partial charge in [0.25, 0.3) is 0 Å². The van der Waals surface area contributed by atoms with E-state index in [-0.39, 0.29) is 5.75 Å². The normalized spacial score (nSPS) is 28.8. The summed E-state index contributed by atoms with van der Waals surface area (Å²) in [6, 6.07) is 0. The molecule has 1 fully saturated rings. The zero-order valence-corrected chi connectivity index (χ0v) is 12.5. The summed E-state index contributed by atoms with van der Waals surface area (Å²) in [5, 5.41) is 29.4. The van der Waals surface area contributed by atoms with Crippen molar-refractivity contribution in [3.05, 3.63) is 16.6 Å². The van der Waals surface area contributed by atoms with Crippen molar-refractivity contribution in [2.75, 3.05) is 19.5 Å². The molecular formula is C12H18N2O6S. The van der Waals surface area contributed by atoms with E-state index in [9.17, 15) is 15.0 Å². The largest absolute Gasteiger partial charge is 0.490 e. The Morgan fingerprint density at radius 3 is 2.71 bits per heavy atom. The van der Waals surface area contributed by atoms with Crippen molar-refractivity contribution in [2.45, 2.75) is 36.6 Å². The summed E-state index contributed by atoms with van der Waals surface area (Å²) < 4.78 is 11.8. The number of rotatable bonds is 5. The molecule has 1 aromatic heterocycles. The molecule has 0 saturated carbocycles. The minimum Gasteiger partial charge on any atom is -0.490 e. The van der Waals surface area contributed by atoms with Crippen LogP contribution >= 0.6 is 11.8 Å². The summed E-state index contributed by atoms with van der Waals surface area (Å²) in [5.74, 6) is 0.668. The third-order valence-electron chi connectivity index (χ3n) is 3.17. The van der Waals surface area contributed by atoms with Crippen LogP contribution in [0.25, 0.3) is 0 Å². The van der Waals surface area contributed by atoms with Gasteiger partial charge in [-0.25, -0.2) is 0 Å². The second-order valence-corrected chi connectivity index (χ2v) is 5.70. The van der Waals surface area contributed by atoms with Gasteiger partial charge < -0.3 is 24.8 Å². The molecule has 1 aromatic rings. The van der Waals surface area contributed by atoms with Crippen LogP contribution in [0.5, 0.6) is 5.75 Å². The number of hydrogen-bond donors (Lipinski definition) is 3. The zero-order valence-electron chi connectivity index (χ0n) is 11.7. The van der Waals surface area contributed by atoms with E-state index in [1.54, 1.807) is 0 Å². The average Bonchev–Trinajstić information content (AvgIpc) is 2.76. The lowest BCUT2D eigenvalue weighted by Gasteiger charge is -2.21. The Hall–Kier alpha value is -1.13. The summed E-state index contributed by atoms with van der Waals surface area (Å²) in [4.78, 5) is 15.6. The lowest BCUT2D eigenvalue weighted by atomic mass is 10.1. The Labute approximate surface area is 125 Å². The monoisotopic (exact) mass is 318 g/mol. The lowest BCUT2D eigenvalue weighted by Crippen LogP contribution is -2.33. The standard InChI is InChI=1S/C12H18N2O6S/c1-3-21-12-13-10(18)6(19-2)4-14(12)11-9(17)8(16)7(5-15)20-11/h4,7-9,11,15-17H,3,5H2,1-2H3/t7-,8-,9-,11-/m1/s1. The van der Waals surface area contributed by atoms with Crippen LogP contribution in [0.15, 0.2) is 16.1 Å². The topological polar surface area (TPSA) is 114 Å². The molecule has 9 heteroatoms. The molecule has 1 aliphatic rings. The van der Waals surface area contributed by atoms with Crippen molar-refractivity contribution in [1.29, 1.82) is 0 Å². The van der Waals surface area contributed by atoms with Crippen LogP contribution in [0, 0.1) is 0 Å². The Morgan fingerprint density at radius 1 is 1.48 bits per heavy atom. The number of thioether (sulfide) groups is 1. The van der Waals surface area contributed by atoms with Crippen molar-refractivity contribution in [3.8, 4) is 5.75 Å². The fourth-order valence-electron chi connectivity index (χ4n) is 2.10.